The van der Waals surface area contributed by atoms with Gasteiger partial charge in [-0.05, 0) is 56.2 Å². The minimum absolute atomic E-state index is 0.0533. The van der Waals surface area contributed by atoms with E-state index < -0.39 is 0 Å². The third kappa shape index (κ3) is 4.69. The molecule has 1 aliphatic heterocycles. The van der Waals surface area contributed by atoms with E-state index in [1.165, 1.54) is 0 Å². The first-order chi connectivity index (χ1) is 12.8. The minimum Gasteiger partial charge on any atom is -0.497 e. The van der Waals surface area contributed by atoms with Crippen molar-refractivity contribution in [2.75, 3.05) is 7.11 Å². The van der Waals surface area contributed by atoms with Crippen LogP contribution in [0.1, 0.15) is 43.9 Å². The quantitative estimate of drug-likeness (QED) is 0.725. The molecule has 144 valence electrons. The number of ether oxygens (including phenoxy) is 2. The highest BCUT2D eigenvalue weighted by Crippen LogP contribution is 2.41. The molecule has 0 aliphatic carbocycles. The third-order valence-electron chi connectivity index (χ3n) is 4.67. The summed E-state index contributed by atoms with van der Waals surface area (Å²) in [6, 6.07) is 10.9. The molecule has 0 spiro atoms. The number of carbonyl (C=O) groups excluding carboxylic acids is 1. The van der Waals surface area contributed by atoms with Gasteiger partial charge in [0.25, 0.3) is 0 Å². The van der Waals surface area contributed by atoms with E-state index in [0.29, 0.717) is 29.3 Å². The first-order valence-corrected chi connectivity index (χ1v) is 9.64. The molecule has 2 aromatic rings. The van der Waals surface area contributed by atoms with Crippen LogP contribution in [0.5, 0.6) is 11.5 Å². The summed E-state index contributed by atoms with van der Waals surface area (Å²) in [7, 11) is 1.62. The van der Waals surface area contributed by atoms with Crippen molar-refractivity contribution in [1.82, 2.24) is 5.32 Å². The summed E-state index contributed by atoms with van der Waals surface area (Å²) in [5.41, 5.74) is 1.36. The van der Waals surface area contributed by atoms with Crippen molar-refractivity contribution in [3.63, 3.8) is 0 Å². The van der Waals surface area contributed by atoms with Gasteiger partial charge in [-0.25, -0.2) is 0 Å². The third-order valence-corrected chi connectivity index (χ3v) is 5.38. The molecule has 1 atom stereocenters. The normalized spacial score (nSPS) is 17.6. The SMILES string of the molecule is COc1ccc2c(c1)[C@@H](NC(=O)CCc1c(Cl)cccc1Cl)CC(C)(C)O2. The van der Waals surface area contributed by atoms with Crippen LogP contribution >= 0.6 is 23.2 Å². The summed E-state index contributed by atoms with van der Waals surface area (Å²) < 4.78 is 11.4. The maximum absolute atomic E-state index is 12.6. The van der Waals surface area contributed by atoms with E-state index in [1.807, 2.05) is 32.0 Å². The maximum Gasteiger partial charge on any atom is 0.220 e. The Hall–Kier alpha value is -1.91. The van der Waals surface area contributed by atoms with E-state index in [4.69, 9.17) is 32.7 Å². The Morgan fingerprint density at radius 2 is 1.96 bits per heavy atom. The number of nitrogens with one attached hydrogen (secondary N) is 1. The summed E-state index contributed by atoms with van der Waals surface area (Å²) in [6.07, 6.45) is 1.47. The van der Waals surface area contributed by atoms with Gasteiger partial charge in [0, 0.05) is 28.5 Å². The Morgan fingerprint density at radius 3 is 2.63 bits per heavy atom. The summed E-state index contributed by atoms with van der Waals surface area (Å²) in [5, 5.41) is 4.29. The lowest BCUT2D eigenvalue weighted by molar-refractivity contribution is -0.122. The fraction of sp³-hybridized carbons (Fsp3) is 0.381. The maximum atomic E-state index is 12.6. The second-order valence-electron chi connectivity index (χ2n) is 7.29. The van der Waals surface area contributed by atoms with Gasteiger partial charge >= 0.3 is 0 Å². The van der Waals surface area contributed by atoms with Crippen LogP contribution in [-0.4, -0.2) is 18.6 Å². The van der Waals surface area contributed by atoms with E-state index in [2.05, 4.69) is 5.32 Å². The van der Waals surface area contributed by atoms with Crippen molar-refractivity contribution in [2.24, 2.45) is 0 Å². The highest BCUT2D eigenvalue weighted by molar-refractivity contribution is 6.36. The molecule has 4 nitrogen and oxygen atoms in total. The predicted octanol–water partition coefficient (Wildman–Crippen LogP) is 5.35. The van der Waals surface area contributed by atoms with Gasteiger partial charge in [-0.1, -0.05) is 29.3 Å². The van der Waals surface area contributed by atoms with Gasteiger partial charge in [0.05, 0.1) is 13.2 Å². The fourth-order valence-corrected chi connectivity index (χ4v) is 3.95. The molecule has 1 N–H and O–H groups in total. The van der Waals surface area contributed by atoms with Crippen LogP contribution in [0.2, 0.25) is 10.0 Å². The van der Waals surface area contributed by atoms with Crippen LogP contribution in [0, 0.1) is 0 Å². The van der Waals surface area contributed by atoms with Crippen molar-refractivity contribution in [3.05, 3.63) is 57.6 Å². The number of halogens is 2. The molecular weight excluding hydrogens is 385 g/mol. The molecule has 0 unspecified atom stereocenters. The second kappa shape index (κ2) is 7.99. The molecule has 1 heterocycles. The first kappa shape index (κ1) is 19.8. The molecule has 0 radical (unpaired) electrons. The summed E-state index contributed by atoms with van der Waals surface area (Å²) in [4.78, 5) is 12.6. The zero-order valence-corrected chi connectivity index (χ0v) is 17.2. The van der Waals surface area contributed by atoms with E-state index >= 15 is 0 Å². The molecular formula is C21H23Cl2NO3. The molecule has 0 saturated carbocycles. The molecule has 27 heavy (non-hydrogen) atoms. The molecule has 0 bridgehead atoms. The molecule has 1 amide bonds. The number of fused-ring (bicyclic) bond motifs is 1. The Labute approximate surface area is 169 Å². The van der Waals surface area contributed by atoms with Gasteiger partial charge in [0.15, 0.2) is 0 Å². The number of carbonyl (C=O) groups is 1. The number of amides is 1. The van der Waals surface area contributed by atoms with Crippen LogP contribution in [0.4, 0.5) is 0 Å². The van der Waals surface area contributed by atoms with Gasteiger partial charge in [-0.15, -0.1) is 0 Å². The monoisotopic (exact) mass is 407 g/mol. The molecule has 0 aromatic heterocycles. The van der Waals surface area contributed by atoms with E-state index in [1.54, 1.807) is 25.3 Å². The molecule has 6 heteroatoms. The zero-order valence-electron chi connectivity index (χ0n) is 15.6. The lowest BCUT2D eigenvalue weighted by Crippen LogP contribution is -2.41. The molecule has 0 fully saturated rings. The van der Waals surface area contributed by atoms with Crippen LogP contribution in [0.15, 0.2) is 36.4 Å². The zero-order chi connectivity index (χ0) is 19.6. The van der Waals surface area contributed by atoms with Crippen molar-refractivity contribution in [3.8, 4) is 11.5 Å². The van der Waals surface area contributed by atoms with Crippen molar-refractivity contribution in [2.45, 2.75) is 44.8 Å². The lowest BCUT2D eigenvalue weighted by Gasteiger charge is -2.38. The Balaban J connectivity index is 1.73. The van der Waals surface area contributed by atoms with Crippen LogP contribution < -0.4 is 14.8 Å². The van der Waals surface area contributed by atoms with Crippen molar-refractivity contribution < 1.29 is 14.3 Å². The Kier molecular flexibility index (Phi) is 5.87. The van der Waals surface area contributed by atoms with Gasteiger partial charge in [0.1, 0.15) is 17.1 Å². The first-order valence-electron chi connectivity index (χ1n) is 8.88. The van der Waals surface area contributed by atoms with E-state index in [-0.39, 0.29) is 17.6 Å². The van der Waals surface area contributed by atoms with Gasteiger partial charge < -0.3 is 14.8 Å². The number of hydrogen-bond acceptors (Lipinski definition) is 3. The number of methoxy groups -OCH3 is 1. The van der Waals surface area contributed by atoms with Gasteiger partial charge in [0.2, 0.25) is 5.91 Å². The van der Waals surface area contributed by atoms with Crippen LogP contribution in [0.3, 0.4) is 0 Å². The average molecular weight is 408 g/mol. The number of benzene rings is 2. The van der Waals surface area contributed by atoms with Gasteiger partial charge in [-0.3, -0.25) is 4.79 Å². The summed E-state index contributed by atoms with van der Waals surface area (Å²) >= 11 is 12.4. The standard InChI is InChI=1S/C21H23Cl2NO3/c1-21(2)12-18(15-11-13(26-3)7-9-19(15)27-21)24-20(25)10-8-14-16(22)5-4-6-17(14)23/h4-7,9,11,18H,8,10,12H2,1-3H3,(H,24,25)/t18-/m0/s1. The Morgan fingerprint density at radius 1 is 1.26 bits per heavy atom. The largest absolute Gasteiger partial charge is 0.497 e. The van der Waals surface area contributed by atoms with Gasteiger partial charge in [-0.2, -0.15) is 0 Å². The Bertz CT molecular complexity index is 831. The second-order valence-corrected chi connectivity index (χ2v) is 8.10. The molecule has 3 rings (SSSR count). The minimum atomic E-state index is -0.369. The average Bonchev–Trinajstić information content (AvgIpc) is 2.60. The van der Waals surface area contributed by atoms with Crippen molar-refractivity contribution in [1.29, 1.82) is 0 Å². The van der Waals surface area contributed by atoms with Crippen LogP contribution in [-0.2, 0) is 11.2 Å². The molecule has 1 aliphatic rings. The smallest absolute Gasteiger partial charge is 0.220 e. The topological polar surface area (TPSA) is 47.6 Å². The van der Waals surface area contributed by atoms with E-state index in [9.17, 15) is 4.79 Å². The number of hydrogen-bond donors (Lipinski definition) is 1. The summed E-state index contributed by atoms with van der Waals surface area (Å²) in [5.74, 6) is 1.45. The highest BCUT2D eigenvalue weighted by Gasteiger charge is 2.34. The fourth-order valence-electron chi connectivity index (χ4n) is 3.36. The van der Waals surface area contributed by atoms with Crippen molar-refractivity contribution >= 4 is 29.1 Å². The van der Waals surface area contributed by atoms with E-state index in [0.717, 1.165) is 22.6 Å². The number of rotatable bonds is 5. The highest BCUT2D eigenvalue weighted by atomic mass is 35.5. The molecule has 0 saturated heterocycles. The summed E-state index contributed by atoms with van der Waals surface area (Å²) in [6.45, 7) is 4.03. The predicted molar refractivity (Wildman–Crippen MR) is 108 cm³/mol. The van der Waals surface area contributed by atoms with Crippen LogP contribution in [0.25, 0.3) is 0 Å². The lowest BCUT2D eigenvalue weighted by atomic mass is 9.89. The molecule has 2 aromatic carbocycles.